The molecule has 0 saturated carbocycles. The van der Waals surface area contributed by atoms with Gasteiger partial charge in [-0.15, -0.1) is 10.2 Å². The van der Waals surface area contributed by atoms with E-state index in [1.807, 2.05) is 0 Å². The molecule has 0 amide bonds. The molecule has 1 aromatic heterocycles. The number of hydrogen-bond acceptors (Lipinski definition) is 5. The summed E-state index contributed by atoms with van der Waals surface area (Å²) in [5, 5.41) is 8.00. The predicted octanol–water partition coefficient (Wildman–Crippen LogP) is 2.10. The molecular weight excluding hydrogens is 285 g/mol. The molecule has 5 nitrogen and oxygen atoms in total. The number of fused-ring (bicyclic) bond motifs is 1. The van der Waals surface area contributed by atoms with Crippen molar-refractivity contribution in [3.63, 3.8) is 0 Å². The van der Waals surface area contributed by atoms with Crippen LogP contribution in [0.2, 0.25) is 10.4 Å². The summed E-state index contributed by atoms with van der Waals surface area (Å²) in [4.78, 5) is 8.91. The van der Waals surface area contributed by atoms with Gasteiger partial charge in [-0.2, -0.15) is 4.98 Å². The Labute approximate surface area is 122 Å². The molecule has 3 heterocycles. The van der Waals surface area contributed by atoms with Gasteiger partial charge in [0.2, 0.25) is 5.28 Å². The Bertz CT molecular complexity index is 469. The molecule has 0 radical (unpaired) electrons. The maximum Gasteiger partial charge on any atom is 0.245 e. The van der Waals surface area contributed by atoms with Crippen molar-refractivity contribution < 1.29 is 0 Å². The molecule has 0 bridgehead atoms. The molecule has 1 aromatic rings. The average molecular weight is 302 g/mol. The maximum absolute atomic E-state index is 6.09. The summed E-state index contributed by atoms with van der Waals surface area (Å²) in [6, 6.07) is 0.689. The number of aromatic nitrogens is 3. The summed E-state index contributed by atoms with van der Waals surface area (Å²) in [6.45, 7) is 3.13. The van der Waals surface area contributed by atoms with Gasteiger partial charge >= 0.3 is 0 Å². The lowest BCUT2D eigenvalue weighted by Crippen LogP contribution is -2.53. The van der Waals surface area contributed by atoms with Crippen LogP contribution in [0.3, 0.4) is 0 Å². The number of nitrogens with zero attached hydrogens (tertiary/aromatic N) is 5. The standard InChI is InChI=1S/C12H17Cl2N5/c1-18-5-2-3-8-7-19(6-4-9(8)18)11-10(13)16-17-12(14)15-11/h8-9H,2-7H2,1H3. The van der Waals surface area contributed by atoms with E-state index in [0.29, 0.717) is 22.9 Å². The Kier molecular flexibility index (Phi) is 3.78. The first-order chi connectivity index (χ1) is 9.15. The van der Waals surface area contributed by atoms with E-state index in [9.17, 15) is 0 Å². The summed E-state index contributed by atoms with van der Waals surface area (Å²) in [5.74, 6) is 1.35. The zero-order valence-electron chi connectivity index (χ0n) is 10.9. The summed E-state index contributed by atoms with van der Waals surface area (Å²) < 4.78 is 0. The van der Waals surface area contributed by atoms with E-state index in [0.717, 1.165) is 19.5 Å². The summed E-state index contributed by atoms with van der Waals surface area (Å²) in [6.07, 6.45) is 3.68. The second-order valence-electron chi connectivity index (χ2n) is 5.38. The Morgan fingerprint density at radius 2 is 2.00 bits per heavy atom. The highest BCUT2D eigenvalue weighted by Crippen LogP contribution is 2.33. The zero-order valence-corrected chi connectivity index (χ0v) is 12.4. The highest BCUT2D eigenvalue weighted by atomic mass is 35.5. The zero-order chi connectivity index (χ0) is 13.4. The Morgan fingerprint density at radius 1 is 1.16 bits per heavy atom. The van der Waals surface area contributed by atoms with E-state index in [-0.39, 0.29) is 5.28 Å². The van der Waals surface area contributed by atoms with E-state index >= 15 is 0 Å². The van der Waals surface area contributed by atoms with Crippen molar-refractivity contribution in [1.82, 2.24) is 20.1 Å². The molecule has 19 heavy (non-hydrogen) atoms. The molecule has 0 aliphatic carbocycles. The van der Waals surface area contributed by atoms with Crippen LogP contribution in [0.25, 0.3) is 0 Å². The summed E-state index contributed by atoms with van der Waals surface area (Å²) in [7, 11) is 2.22. The molecule has 2 saturated heterocycles. The average Bonchev–Trinajstić information content (AvgIpc) is 2.41. The quantitative estimate of drug-likeness (QED) is 0.795. The number of hydrogen-bond donors (Lipinski definition) is 0. The van der Waals surface area contributed by atoms with Gasteiger partial charge in [-0.3, -0.25) is 0 Å². The van der Waals surface area contributed by atoms with Gasteiger partial charge in [0.25, 0.3) is 0 Å². The first-order valence-corrected chi connectivity index (χ1v) is 7.41. The molecule has 2 atom stereocenters. The number of anilines is 1. The van der Waals surface area contributed by atoms with Crippen molar-refractivity contribution in [2.24, 2.45) is 5.92 Å². The lowest BCUT2D eigenvalue weighted by atomic mass is 9.84. The topological polar surface area (TPSA) is 45.2 Å². The third-order valence-corrected chi connectivity index (χ3v) is 4.65. The monoisotopic (exact) mass is 301 g/mol. The van der Waals surface area contributed by atoms with Crippen molar-refractivity contribution in [3.05, 3.63) is 10.4 Å². The fraction of sp³-hybridized carbons (Fsp3) is 0.750. The van der Waals surface area contributed by atoms with Crippen LogP contribution in [-0.4, -0.2) is 52.8 Å². The van der Waals surface area contributed by atoms with Gasteiger partial charge in [-0.05, 0) is 50.4 Å². The smallest absolute Gasteiger partial charge is 0.245 e. The van der Waals surface area contributed by atoms with Crippen LogP contribution < -0.4 is 4.90 Å². The lowest BCUT2D eigenvalue weighted by molar-refractivity contribution is 0.102. The van der Waals surface area contributed by atoms with E-state index < -0.39 is 0 Å². The van der Waals surface area contributed by atoms with Crippen LogP contribution in [0, 0.1) is 5.92 Å². The Morgan fingerprint density at radius 3 is 2.84 bits per heavy atom. The SMILES string of the molecule is CN1CCCC2CN(c3nc(Cl)nnc3Cl)CCC21. The van der Waals surface area contributed by atoms with Crippen LogP contribution in [0.1, 0.15) is 19.3 Å². The highest BCUT2D eigenvalue weighted by molar-refractivity contribution is 6.32. The molecule has 2 unspecified atom stereocenters. The maximum atomic E-state index is 6.09. The van der Waals surface area contributed by atoms with Crippen LogP contribution in [-0.2, 0) is 0 Å². The first-order valence-electron chi connectivity index (χ1n) is 6.66. The van der Waals surface area contributed by atoms with E-state index in [4.69, 9.17) is 23.2 Å². The minimum absolute atomic E-state index is 0.155. The molecule has 7 heteroatoms. The molecule has 104 valence electrons. The minimum atomic E-state index is 0.155. The molecule has 3 rings (SSSR count). The van der Waals surface area contributed by atoms with E-state index in [1.165, 1.54) is 19.4 Å². The summed E-state index contributed by atoms with van der Waals surface area (Å²) >= 11 is 11.9. The van der Waals surface area contributed by atoms with Gasteiger partial charge < -0.3 is 9.80 Å². The van der Waals surface area contributed by atoms with Crippen LogP contribution >= 0.6 is 23.2 Å². The number of piperidine rings is 2. The van der Waals surface area contributed by atoms with Gasteiger partial charge in [0.1, 0.15) is 0 Å². The van der Waals surface area contributed by atoms with Gasteiger partial charge in [0, 0.05) is 19.1 Å². The fourth-order valence-electron chi connectivity index (χ4n) is 3.33. The molecular formula is C12H17Cl2N5. The number of rotatable bonds is 1. The molecule has 0 spiro atoms. The Hall–Kier alpha value is -0.650. The van der Waals surface area contributed by atoms with Crippen molar-refractivity contribution >= 4 is 29.0 Å². The minimum Gasteiger partial charge on any atom is -0.354 e. The van der Waals surface area contributed by atoms with Crippen molar-refractivity contribution in [2.45, 2.75) is 25.3 Å². The van der Waals surface area contributed by atoms with Crippen molar-refractivity contribution in [2.75, 3.05) is 31.6 Å². The number of halogens is 2. The lowest BCUT2D eigenvalue weighted by Gasteiger charge is -2.46. The summed E-state index contributed by atoms with van der Waals surface area (Å²) in [5.41, 5.74) is 0. The second-order valence-corrected chi connectivity index (χ2v) is 6.08. The molecule has 2 aliphatic heterocycles. The predicted molar refractivity (Wildman–Crippen MR) is 75.8 cm³/mol. The first kappa shape index (κ1) is 13.3. The van der Waals surface area contributed by atoms with Crippen molar-refractivity contribution in [3.8, 4) is 0 Å². The Balaban J connectivity index is 1.79. The molecule has 2 fully saturated rings. The van der Waals surface area contributed by atoms with E-state index in [1.54, 1.807) is 0 Å². The van der Waals surface area contributed by atoms with Gasteiger partial charge in [0.15, 0.2) is 11.0 Å². The van der Waals surface area contributed by atoms with Gasteiger partial charge in [-0.1, -0.05) is 11.6 Å². The van der Waals surface area contributed by atoms with Crippen LogP contribution in [0.4, 0.5) is 5.82 Å². The largest absolute Gasteiger partial charge is 0.354 e. The number of likely N-dealkylation sites (tertiary alicyclic amines) is 1. The third-order valence-electron chi connectivity index (χ3n) is 4.25. The molecule has 0 aromatic carbocycles. The van der Waals surface area contributed by atoms with Crippen LogP contribution in [0.5, 0.6) is 0 Å². The second kappa shape index (κ2) is 5.38. The highest BCUT2D eigenvalue weighted by Gasteiger charge is 2.35. The molecule has 0 N–H and O–H groups in total. The van der Waals surface area contributed by atoms with Gasteiger partial charge in [0.05, 0.1) is 0 Å². The van der Waals surface area contributed by atoms with Gasteiger partial charge in [-0.25, -0.2) is 0 Å². The van der Waals surface area contributed by atoms with E-state index in [2.05, 4.69) is 32.0 Å². The fourth-order valence-corrected chi connectivity index (χ4v) is 3.65. The normalized spacial score (nSPS) is 28.3. The third kappa shape index (κ3) is 2.64. The van der Waals surface area contributed by atoms with Crippen molar-refractivity contribution in [1.29, 1.82) is 0 Å². The molecule has 2 aliphatic rings. The van der Waals surface area contributed by atoms with Crippen LogP contribution in [0.15, 0.2) is 0 Å².